The second-order valence-electron chi connectivity index (χ2n) is 7.33. The largest absolute Gasteiger partial charge is 0.383 e. The van der Waals surface area contributed by atoms with Gasteiger partial charge < -0.3 is 9.64 Å². The predicted octanol–water partition coefficient (Wildman–Crippen LogP) is 4.25. The van der Waals surface area contributed by atoms with Crippen LogP contribution in [0, 0.1) is 25.2 Å². The van der Waals surface area contributed by atoms with E-state index in [0.717, 1.165) is 28.2 Å². The highest BCUT2D eigenvalue weighted by atomic mass is 32.2. The number of anilines is 1. The molecular formula is C24H27N5O2S. The maximum atomic E-state index is 13.1. The van der Waals surface area contributed by atoms with E-state index >= 15 is 0 Å². The predicted molar refractivity (Wildman–Crippen MR) is 127 cm³/mol. The van der Waals surface area contributed by atoms with Crippen LogP contribution < -0.4 is 4.90 Å². The van der Waals surface area contributed by atoms with Gasteiger partial charge in [-0.15, -0.1) is 10.2 Å². The highest BCUT2D eigenvalue weighted by Gasteiger charge is 2.20. The highest BCUT2D eigenvalue weighted by molar-refractivity contribution is 7.99. The van der Waals surface area contributed by atoms with Gasteiger partial charge in [-0.3, -0.25) is 9.36 Å². The van der Waals surface area contributed by atoms with Gasteiger partial charge >= 0.3 is 0 Å². The number of hydrogen-bond acceptors (Lipinski definition) is 6. The third-order valence-electron chi connectivity index (χ3n) is 5.14. The van der Waals surface area contributed by atoms with E-state index < -0.39 is 0 Å². The van der Waals surface area contributed by atoms with Crippen molar-refractivity contribution < 1.29 is 9.53 Å². The van der Waals surface area contributed by atoms with Crippen LogP contribution in [0.5, 0.6) is 0 Å². The molecule has 0 aliphatic rings. The first-order valence-electron chi connectivity index (χ1n) is 10.4. The van der Waals surface area contributed by atoms with Crippen molar-refractivity contribution in [3.8, 4) is 17.5 Å². The van der Waals surface area contributed by atoms with Gasteiger partial charge in [-0.05, 0) is 37.1 Å². The number of carbonyl (C=O) groups excluding carboxylic acids is 1. The summed E-state index contributed by atoms with van der Waals surface area (Å²) in [6.45, 7) is 5.50. The third kappa shape index (κ3) is 5.75. The van der Waals surface area contributed by atoms with Gasteiger partial charge in [0, 0.05) is 24.9 Å². The quantitative estimate of drug-likeness (QED) is 0.430. The minimum absolute atomic E-state index is 0.0731. The Morgan fingerprint density at radius 3 is 2.62 bits per heavy atom. The zero-order valence-corrected chi connectivity index (χ0v) is 19.4. The number of carbonyl (C=O) groups is 1. The number of aromatic nitrogens is 3. The average molecular weight is 450 g/mol. The molecule has 1 aromatic heterocycles. The Balaban J connectivity index is 1.80. The molecule has 32 heavy (non-hydrogen) atoms. The van der Waals surface area contributed by atoms with Crippen molar-refractivity contribution in [2.45, 2.75) is 32.0 Å². The molecule has 1 amide bonds. The molecule has 0 fully saturated rings. The van der Waals surface area contributed by atoms with Gasteiger partial charge in [-0.25, -0.2) is 0 Å². The highest BCUT2D eigenvalue weighted by Crippen LogP contribution is 2.26. The molecule has 0 aliphatic carbocycles. The van der Waals surface area contributed by atoms with Crippen LogP contribution in [0.25, 0.3) is 11.4 Å². The van der Waals surface area contributed by atoms with E-state index in [9.17, 15) is 4.79 Å². The summed E-state index contributed by atoms with van der Waals surface area (Å²) in [5.41, 5.74) is 4.03. The lowest BCUT2D eigenvalue weighted by atomic mass is 10.1. The lowest BCUT2D eigenvalue weighted by molar-refractivity contribution is -0.116. The van der Waals surface area contributed by atoms with E-state index in [1.54, 1.807) is 12.0 Å². The van der Waals surface area contributed by atoms with Crippen LogP contribution in [0.15, 0.2) is 53.7 Å². The fraction of sp³-hybridized carbons (Fsp3) is 0.333. The Morgan fingerprint density at radius 1 is 1.16 bits per heavy atom. The van der Waals surface area contributed by atoms with Crippen molar-refractivity contribution in [2.24, 2.45) is 0 Å². The minimum atomic E-state index is -0.0731. The van der Waals surface area contributed by atoms with Crippen LogP contribution in [0.4, 0.5) is 5.69 Å². The van der Waals surface area contributed by atoms with Crippen LogP contribution in [-0.4, -0.2) is 46.7 Å². The standard InChI is InChI=1S/C24H27N5O2S/c1-18-10-11-21(16-19(18)2)28(13-7-12-25)22(30)17-32-24-27-26-23(29(24)14-15-31-3)20-8-5-4-6-9-20/h4-6,8-11,16H,7,13-15,17H2,1-3H3. The summed E-state index contributed by atoms with van der Waals surface area (Å²) < 4.78 is 7.23. The van der Waals surface area contributed by atoms with Crippen LogP contribution in [0.1, 0.15) is 17.5 Å². The molecule has 0 spiro atoms. The van der Waals surface area contributed by atoms with Crippen LogP contribution in [0.2, 0.25) is 0 Å². The number of methoxy groups -OCH3 is 1. The summed E-state index contributed by atoms with van der Waals surface area (Å²) in [6, 6.07) is 17.9. The Kier molecular flexibility index (Phi) is 8.42. The number of amides is 1. The average Bonchev–Trinajstić information content (AvgIpc) is 3.22. The summed E-state index contributed by atoms with van der Waals surface area (Å²) in [5, 5.41) is 18.4. The van der Waals surface area contributed by atoms with E-state index in [1.807, 2.05) is 66.9 Å². The molecule has 2 aromatic carbocycles. The monoisotopic (exact) mass is 449 g/mol. The molecule has 8 heteroatoms. The summed E-state index contributed by atoms with van der Waals surface area (Å²) in [4.78, 5) is 14.8. The Morgan fingerprint density at radius 2 is 1.94 bits per heavy atom. The SMILES string of the molecule is COCCn1c(SCC(=O)N(CCC#N)c2ccc(C)c(C)c2)nnc1-c1ccccc1. The smallest absolute Gasteiger partial charge is 0.237 e. The molecule has 0 bridgehead atoms. The van der Waals surface area contributed by atoms with E-state index in [4.69, 9.17) is 10.00 Å². The lowest BCUT2D eigenvalue weighted by Crippen LogP contribution is -2.33. The molecule has 0 N–H and O–H groups in total. The Bertz CT molecular complexity index is 1090. The molecule has 0 atom stereocenters. The molecule has 3 aromatic rings. The summed E-state index contributed by atoms with van der Waals surface area (Å²) in [5.74, 6) is 0.863. The molecule has 3 rings (SSSR count). The summed E-state index contributed by atoms with van der Waals surface area (Å²) in [7, 11) is 1.65. The van der Waals surface area contributed by atoms with Crippen LogP contribution in [-0.2, 0) is 16.1 Å². The molecule has 0 aliphatic heterocycles. The fourth-order valence-electron chi connectivity index (χ4n) is 3.24. The minimum Gasteiger partial charge on any atom is -0.383 e. The van der Waals surface area contributed by atoms with E-state index in [2.05, 4.69) is 16.3 Å². The molecule has 166 valence electrons. The number of aryl methyl sites for hydroxylation is 2. The number of rotatable bonds is 10. The summed E-state index contributed by atoms with van der Waals surface area (Å²) >= 11 is 1.34. The first-order valence-corrected chi connectivity index (χ1v) is 11.4. The number of benzene rings is 2. The first kappa shape index (κ1) is 23.5. The number of hydrogen-bond donors (Lipinski definition) is 0. The topological polar surface area (TPSA) is 84.0 Å². The van der Waals surface area contributed by atoms with Crippen LogP contribution >= 0.6 is 11.8 Å². The zero-order valence-electron chi connectivity index (χ0n) is 18.6. The number of nitrogens with zero attached hydrogens (tertiary/aromatic N) is 5. The van der Waals surface area contributed by atoms with Crippen molar-refractivity contribution in [1.29, 1.82) is 5.26 Å². The van der Waals surface area contributed by atoms with Gasteiger partial charge in [-0.2, -0.15) is 5.26 Å². The van der Waals surface area contributed by atoms with Gasteiger partial charge in [0.15, 0.2) is 11.0 Å². The Labute approximate surface area is 193 Å². The normalized spacial score (nSPS) is 10.7. The van der Waals surface area contributed by atoms with Gasteiger partial charge in [0.2, 0.25) is 5.91 Å². The molecule has 0 saturated carbocycles. The molecular weight excluding hydrogens is 422 g/mol. The van der Waals surface area contributed by atoms with Crippen molar-refractivity contribution in [3.05, 3.63) is 59.7 Å². The maximum Gasteiger partial charge on any atom is 0.237 e. The molecule has 1 heterocycles. The van der Waals surface area contributed by atoms with Gasteiger partial charge in [0.1, 0.15) is 0 Å². The fourth-order valence-corrected chi connectivity index (χ4v) is 4.08. The van der Waals surface area contributed by atoms with Crippen molar-refractivity contribution >= 4 is 23.4 Å². The van der Waals surface area contributed by atoms with Gasteiger partial charge in [-0.1, -0.05) is 48.2 Å². The second-order valence-corrected chi connectivity index (χ2v) is 8.27. The van der Waals surface area contributed by atoms with E-state index in [-0.39, 0.29) is 18.1 Å². The number of thioether (sulfide) groups is 1. The van der Waals surface area contributed by atoms with Gasteiger partial charge in [0.05, 0.1) is 31.4 Å². The molecule has 0 saturated heterocycles. The van der Waals surface area contributed by atoms with Crippen molar-refractivity contribution in [3.63, 3.8) is 0 Å². The van der Waals surface area contributed by atoms with E-state index in [1.165, 1.54) is 11.8 Å². The molecule has 7 nitrogen and oxygen atoms in total. The third-order valence-corrected chi connectivity index (χ3v) is 6.09. The summed E-state index contributed by atoms with van der Waals surface area (Å²) in [6.07, 6.45) is 0.269. The van der Waals surface area contributed by atoms with Crippen LogP contribution in [0.3, 0.4) is 0 Å². The zero-order chi connectivity index (χ0) is 22.9. The van der Waals surface area contributed by atoms with E-state index in [0.29, 0.717) is 24.9 Å². The lowest BCUT2D eigenvalue weighted by Gasteiger charge is -2.22. The van der Waals surface area contributed by atoms with Crippen molar-refractivity contribution in [1.82, 2.24) is 14.8 Å². The van der Waals surface area contributed by atoms with Gasteiger partial charge in [0.25, 0.3) is 0 Å². The second kappa shape index (κ2) is 11.5. The maximum absolute atomic E-state index is 13.1. The number of ether oxygens (including phenoxy) is 1. The molecule has 0 radical (unpaired) electrons. The molecule has 0 unspecified atom stereocenters. The number of nitriles is 1. The van der Waals surface area contributed by atoms with Crippen molar-refractivity contribution in [2.75, 3.05) is 30.9 Å². The Hall–Kier alpha value is -3.15. The first-order chi connectivity index (χ1) is 15.5.